The summed E-state index contributed by atoms with van der Waals surface area (Å²) in [4.78, 5) is 12.3. The van der Waals surface area contributed by atoms with Crippen molar-refractivity contribution in [1.82, 2.24) is 5.32 Å². The highest BCUT2D eigenvalue weighted by molar-refractivity contribution is 9.10. The Balaban J connectivity index is 2.03. The normalized spacial score (nSPS) is 24.6. The van der Waals surface area contributed by atoms with Gasteiger partial charge in [-0.05, 0) is 37.1 Å². The fraction of sp³-hybridized carbons (Fsp3) is 0.500. The third-order valence-corrected chi connectivity index (χ3v) is 4.08. The number of carbonyl (C=O) groups excluding carboxylic acids is 1. The highest BCUT2D eigenvalue weighted by atomic mass is 79.9. The second-order valence-corrected chi connectivity index (χ2v) is 5.98. The first kappa shape index (κ1) is 12.8. The summed E-state index contributed by atoms with van der Waals surface area (Å²) in [6.07, 6.45) is 2.66. The van der Waals surface area contributed by atoms with Gasteiger partial charge in [-0.15, -0.1) is 0 Å². The number of nitrogens with one attached hydrogen (secondary N) is 1. The van der Waals surface area contributed by atoms with Crippen molar-refractivity contribution in [3.63, 3.8) is 0 Å². The number of piperidine rings is 1. The molecule has 1 aromatic rings. The number of benzene rings is 1. The van der Waals surface area contributed by atoms with Crippen LogP contribution in [0.25, 0.3) is 0 Å². The van der Waals surface area contributed by atoms with Crippen LogP contribution < -0.4 is 5.32 Å². The average Bonchev–Trinajstić information content (AvgIpc) is 2.33. The van der Waals surface area contributed by atoms with E-state index in [1.165, 1.54) is 0 Å². The molecule has 0 radical (unpaired) electrons. The summed E-state index contributed by atoms with van der Waals surface area (Å²) < 4.78 is 1.05. The van der Waals surface area contributed by atoms with Crippen molar-refractivity contribution < 1.29 is 4.79 Å². The lowest BCUT2D eigenvalue weighted by atomic mass is 9.77. The maximum absolute atomic E-state index is 12.3. The molecule has 2 nitrogen and oxygen atoms in total. The van der Waals surface area contributed by atoms with E-state index in [1.54, 1.807) is 0 Å². The quantitative estimate of drug-likeness (QED) is 0.929. The van der Waals surface area contributed by atoms with Crippen LogP contribution in [0.15, 0.2) is 28.7 Å². The molecule has 0 aliphatic carbocycles. The van der Waals surface area contributed by atoms with Gasteiger partial charge in [-0.3, -0.25) is 4.79 Å². The largest absolute Gasteiger partial charge is 0.316 e. The number of Topliss-reactive ketones (excluding diaryl/α,β-unsaturated/α-hetero) is 1. The van der Waals surface area contributed by atoms with Crippen molar-refractivity contribution in [2.75, 3.05) is 13.1 Å². The monoisotopic (exact) mass is 295 g/mol. The van der Waals surface area contributed by atoms with E-state index in [0.29, 0.717) is 12.2 Å². The summed E-state index contributed by atoms with van der Waals surface area (Å²) in [6.45, 7) is 3.95. The molecule has 3 heteroatoms. The van der Waals surface area contributed by atoms with Crippen LogP contribution in [-0.4, -0.2) is 18.9 Å². The number of carbonyl (C=O) groups is 1. The topological polar surface area (TPSA) is 29.1 Å². The van der Waals surface area contributed by atoms with Crippen molar-refractivity contribution in [2.45, 2.75) is 26.2 Å². The molecule has 2 rings (SSSR count). The van der Waals surface area contributed by atoms with Crippen LogP contribution in [0.4, 0.5) is 0 Å². The Morgan fingerprint density at radius 1 is 1.41 bits per heavy atom. The molecular formula is C14H18BrNO. The zero-order valence-electron chi connectivity index (χ0n) is 10.1. The second-order valence-electron chi connectivity index (χ2n) is 5.07. The predicted octanol–water partition coefficient (Wildman–Crippen LogP) is 2.95. The van der Waals surface area contributed by atoms with Crippen LogP contribution in [0.2, 0.25) is 0 Å². The van der Waals surface area contributed by atoms with E-state index in [1.807, 2.05) is 24.3 Å². The van der Waals surface area contributed by atoms with E-state index in [-0.39, 0.29) is 5.41 Å². The maximum atomic E-state index is 12.3. The van der Waals surface area contributed by atoms with Crippen LogP contribution in [0.3, 0.4) is 0 Å². The van der Waals surface area contributed by atoms with Gasteiger partial charge in [-0.1, -0.05) is 35.0 Å². The van der Waals surface area contributed by atoms with E-state index >= 15 is 0 Å². The lowest BCUT2D eigenvalue weighted by Crippen LogP contribution is -2.44. The molecule has 1 aliphatic rings. The van der Waals surface area contributed by atoms with Gasteiger partial charge in [0.1, 0.15) is 5.78 Å². The first-order valence-electron chi connectivity index (χ1n) is 6.09. The summed E-state index contributed by atoms with van der Waals surface area (Å²) in [5.74, 6) is 0.354. The van der Waals surface area contributed by atoms with Crippen molar-refractivity contribution >= 4 is 21.7 Å². The Hall–Kier alpha value is -0.670. The molecule has 0 spiro atoms. The highest BCUT2D eigenvalue weighted by Crippen LogP contribution is 2.28. The Kier molecular flexibility index (Phi) is 4.00. The minimum atomic E-state index is -0.175. The minimum Gasteiger partial charge on any atom is -0.316 e. The Morgan fingerprint density at radius 3 is 2.71 bits per heavy atom. The lowest BCUT2D eigenvalue weighted by Gasteiger charge is -2.32. The van der Waals surface area contributed by atoms with Crippen molar-refractivity contribution in [1.29, 1.82) is 0 Å². The molecule has 1 aromatic carbocycles. The van der Waals surface area contributed by atoms with Crippen LogP contribution in [-0.2, 0) is 11.2 Å². The van der Waals surface area contributed by atoms with E-state index in [9.17, 15) is 4.79 Å². The minimum absolute atomic E-state index is 0.175. The summed E-state index contributed by atoms with van der Waals surface area (Å²) in [7, 11) is 0. The van der Waals surface area contributed by atoms with E-state index in [2.05, 4.69) is 28.2 Å². The van der Waals surface area contributed by atoms with Gasteiger partial charge in [0.2, 0.25) is 0 Å². The molecule has 1 N–H and O–H groups in total. The van der Waals surface area contributed by atoms with Gasteiger partial charge in [0.25, 0.3) is 0 Å². The standard InChI is InChI=1S/C14H18BrNO/c1-14(7-2-8-16-10-14)13(17)9-11-3-5-12(15)6-4-11/h3-6,16H,2,7-10H2,1H3. The summed E-state index contributed by atoms with van der Waals surface area (Å²) in [6, 6.07) is 8.01. The van der Waals surface area contributed by atoms with Crippen LogP contribution in [0.5, 0.6) is 0 Å². The molecule has 92 valence electrons. The van der Waals surface area contributed by atoms with E-state index in [4.69, 9.17) is 0 Å². The van der Waals surface area contributed by atoms with Gasteiger partial charge >= 0.3 is 0 Å². The summed E-state index contributed by atoms with van der Waals surface area (Å²) in [5, 5.41) is 3.32. The summed E-state index contributed by atoms with van der Waals surface area (Å²) in [5.41, 5.74) is 0.927. The third kappa shape index (κ3) is 3.17. The van der Waals surface area contributed by atoms with Crippen molar-refractivity contribution in [3.05, 3.63) is 34.3 Å². The average molecular weight is 296 g/mol. The molecule has 1 aliphatic heterocycles. The van der Waals surface area contributed by atoms with E-state index in [0.717, 1.165) is 36.0 Å². The first-order valence-corrected chi connectivity index (χ1v) is 6.88. The van der Waals surface area contributed by atoms with Crippen LogP contribution in [0, 0.1) is 5.41 Å². The second kappa shape index (κ2) is 5.32. The fourth-order valence-corrected chi connectivity index (χ4v) is 2.56. The van der Waals surface area contributed by atoms with Gasteiger partial charge in [0, 0.05) is 22.9 Å². The SMILES string of the molecule is CC1(C(=O)Cc2ccc(Br)cc2)CCCNC1. The number of hydrogen-bond donors (Lipinski definition) is 1. The number of ketones is 1. The number of halogens is 1. The molecule has 1 heterocycles. The van der Waals surface area contributed by atoms with Crippen LogP contribution >= 0.6 is 15.9 Å². The lowest BCUT2D eigenvalue weighted by molar-refractivity contribution is -0.128. The Morgan fingerprint density at radius 2 is 2.12 bits per heavy atom. The Labute approximate surface area is 111 Å². The molecule has 1 saturated heterocycles. The van der Waals surface area contributed by atoms with E-state index < -0.39 is 0 Å². The van der Waals surface area contributed by atoms with Crippen LogP contribution in [0.1, 0.15) is 25.3 Å². The molecular weight excluding hydrogens is 278 g/mol. The van der Waals surface area contributed by atoms with Gasteiger partial charge in [0.15, 0.2) is 0 Å². The van der Waals surface area contributed by atoms with Crippen molar-refractivity contribution in [3.8, 4) is 0 Å². The maximum Gasteiger partial charge on any atom is 0.144 e. The number of rotatable bonds is 3. The summed E-state index contributed by atoms with van der Waals surface area (Å²) >= 11 is 3.40. The molecule has 0 aromatic heterocycles. The highest BCUT2D eigenvalue weighted by Gasteiger charge is 2.33. The van der Waals surface area contributed by atoms with Gasteiger partial charge < -0.3 is 5.32 Å². The van der Waals surface area contributed by atoms with Crippen molar-refractivity contribution in [2.24, 2.45) is 5.41 Å². The number of hydrogen-bond acceptors (Lipinski definition) is 2. The molecule has 0 bridgehead atoms. The molecule has 0 saturated carbocycles. The zero-order chi connectivity index (χ0) is 12.3. The molecule has 0 amide bonds. The Bertz CT molecular complexity index is 393. The molecule has 1 fully saturated rings. The molecule has 1 unspecified atom stereocenters. The fourth-order valence-electron chi connectivity index (χ4n) is 2.30. The molecule has 17 heavy (non-hydrogen) atoms. The van der Waals surface area contributed by atoms with Gasteiger partial charge in [0.05, 0.1) is 0 Å². The van der Waals surface area contributed by atoms with Gasteiger partial charge in [-0.25, -0.2) is 0 Å². The zero-order valence-corrected chi connectivity index (χ0v) is 11.7. The predicted molar refractivity (Wildman–Crippen MR) is 73.1 cm³/mol. The molecule has 1 atom stereocenters. The first-order chi connectivity index (χ1) is 8.10. The smallest absolute Gasteiger partial charge is 0.144 e. The third-order valence-electron chi connectivity index (χ3n) is 3.55. The van der Waals surface area contributed by atoms with Gasteiger partial charge in [-0.2, -0.15) is 0 Å².